The van der Waals surface area contributed by atoms with Crippen LogP contribution in [0.2, 0.25) is 0 Å². The minimum atomic E-state index is -4.16. The zero-order chi connectivity index (χ0) is 13.8. The lowest BCUT2D eigenvalue weighted by molar-refractivity contribution is -0.132. The van der Waals surface area contributed by atoms with Gasteiger partial charge in [-0.25, -0.2) is 0 Å². The van der Waals surface area contributed by atoms with Crippen LogP contribution in [0.1, 0.15) is 31.4 Å². The zero-order valence-electron chi connectivity index (χ0n) is 10.5. The van der Waals surface area contributed by atoms with Crippen LogP contribution in [0.5, 0.6) is 0 Å². The van der Waals surface area contributed by atoms with Crippen LogP contribution in [0.15, 0.2) is 24.3 Å². The van der Waals surface area contributed by atoms with E-state index in [1.807, 2.05) is 6.92 Å². The summed E-state index contributed by atoms with van der Waals surface area (Å²) in [6, 6.07) is 7.00. The highest BCUT2D eigenvalue weighted by Crippen LogP contribution is 2.28. The van der Waals surface area contributed by atoms with Gasteiger partial charge in [0.25, 0.3) is 0 Å². The first-order chi connectivity index (χ1) is 8.35. The quantitative estimate of drug-likeness (QED) is 0.876. The van der Waals surface area contributed by atoms with E-state index in [4.69, 9.17) is 0 Å². The van der Waals surface area contributed by atoms with Crippen molar-refractivity contribution in [3.8, 4) is 0 Å². The number of hydrogen-bond acceptors (Lipinski definition) is 2. The molecule has 0 saturated carbocycles. The molecule has 0 spiro atoms. The van der Waals surface area contributed by atoms with Crippen molar-refractivity contribution in [2.24, 2.45) is 0 Å². The SMILES string of the molecule is CCC(O)c1ccccc1N(C)CCC(F)(F)F. The largest absolute Gasteiger partial charge is 0.390 e. The van der Waals surface area contributed by atoms with Gasteiger partial charge in [-0.15, -0.1) is 0 Å². The van der Waals surface area contributed by atoms with Crippen molar-refractivity contribution in [2.45, 2.75) is 32.0 Å². The van der Waals surface area contributed by atoms with E-state index in [-0.39, 0.29) is 6.54 Å². The van der Waals surface area contributed by atoms with Gasteiger partial charge in [0.05, 0.1) is 12.5 Å². The number of aliphatic hydroxyl groups is 1. The predicted octanol–water partition coefficient (Wildman–Crippen LogP) is 3.52. The van der Waals surface area contributed by atoms with Gasteiger partial charge < -0.3 is 10.0 Å². The second kappa shape index (κ2) is 6.09. The Morgan fingerprint density at radius 2 is 1.89 bits per heavy atom. The van der Waals surface area contributed by atoms with E-state index < -0.39 is 18.7 Å². The van der Waals surface area contributed by atoms with Gasteiger partial charge in [-0.3, -0.25) is 0 Å². The second-order valence-electron chi connectivity index (χ2n) is 4.27. The monoisotopic (exact) mass is 261 g/mol. The van der Waals surface area contributed by atoms with Crippen LogP contribution in [0.4, 0.5) is 18.9 Å². The van der Waals surface area contributed by atoms with Crippen LogP contribution in [0.3, 0.4) is 0 Å². The van der Waals surface area contributed by atoms with Gasteiger partial charge in [0.2, 0.25) is 0 Å². The van der Waals surface area contributed by atoms with Gasteiger partial charge in [-0.1, -0.05) is 25.1 Å². The van der Waals surface area contributed by atoms with Gasteiger partial charge in [-0.05, 0) is 12.5 Å². The molecule has 1 aromatic carbocycles. The number of anilines is 1. The molecule has 0 aliphatic rings. The molecular weight excluding hydrogens is 243 g/mol. The van der Waals surface area contributed by atoms with Crippen molar-refractivity contribution < 1.29 is 18.3 Å². The molecule has 0 radical (unpaired) electrons. The third kappa shape index (κ3) is 4.22. The molecule has 102 valence electrons. The van der Waals surface area contributed by atoms with E-state index in [2.05, 4.69) is 0 Å². The van der Waals surface area contributed by atoms with Crippen LogP contribution in [-0.4, -0.2) is 24.9 Å². The molecule has 0 amide bonds. The number of rotatable bonds is 5. The van der Waals surface area contributed by atoms with Crippen molar-refractivity contribution in [1.82, 2.24) is 0 Å². The summed E-state index contributed by atoms with van der Waals surface area (Å²) in [5.74, 6) is 0. The third-order valence-electron chi connectivity index (χ3n) is 2.82. The molecule has 2 nitrogen and oxygen atoms in total. The van der Waals surface area contributed by atoms with E-state index >= 15 is 0 Å². The Kier molecular flexibility index (Phi) is 5.02. The number of benzene rings is 1. The predicted molar refractivity (Wildman–Crippen MR) is 65.6 cm³/mol. The van der Waals surface area contributed by atoms with Crippen LogP contribution < -0.4 is 4.90 Å². The second-order valence-corrected chi connectivity index (χ2v) is 4.27. The molecule has 1 unspecified atom stereocenters. The van der Waals surface area contributed by atoms with Crippen molar-refractivity contribution >= 4 is 5.69 Å². The smallest absolute Gasteiger partial charge is 0.388 e. The normalized spacial score (nSPS) is 13.4. The maximum atomic E-state index is 12.2. The Hall–Kier alpha value is -1.23. The Bertz CT molecular complexity index is 379. The minimum Gasteiger partial charge on any atom is -0.388 e. The fraction of sp³-hybridized carbons (Fsp3) is 0.538. The summed E-state index contributed by atoms with van der Waals surface area (Å²) in [5.41, 5.74) is 1.32. The molecular formula is C13H18F3NO. The molecule has 18 heavy (non-hydrogen) atoms. The summed E-state index contributed by atoms with van der Waals surface area (Å²) < 4.78 is 36.5. The van der Waals surface area contributed by atoms with Gasteiger partial charge in [0.1, 0.15) is 0 Å². The molecule has 0 aliphatic heterocycles. The molecule has 0 saturated heterocycles. The fourth-order valence-electron chi connectivity index (χ4n) is 1.75. The number of para-hydroxylation sites is 1. The fourth-order valence-corrected chi connectivity index (χ4v) is 1.75. The number of aliphatic hydroxyl groups excluding tert-OH is 1. The summed E-state index contributed by atoms with van der Waals surface area (Å²) >= 11 is 0. The van der Waals surface area contributed by atoms with Gasteiger partial charge in [-0.2, -0.15) is 13.2 Å². The van der Waals surface area contributed by atoms with Crippen molar-refractivity contribution in [3.63, 3.8) is 0 Å². The van der Waals surface area contributed by atoms with Crippen LogP contribution >= 0.6 is 0 Å². The maximum Gasteiger partial charge on any atom is 0.390 e. The summed E-state index contributed by atoms with van der Waals surface area (Å²) in [5, 5.41) is 9.84. The highest BCUT2D eigenvalue weighted by molar-refractivity contribution is 5.54. The molecule has 1 aromatic rings. The first-order valence-corrected chi connectivity index (χ1v) is 5.90. The zero-order valence-corrected chi connectivity index (χ0v) is 10.5. The van der Waals surface area contributed by atoms with E-state index in [0.29, 0.717) is 17.7 Å². The van der Waals surface area contributed by atoms with Crippen molar-refractivity contribution in [2.75, 3.05) is 18.5 Å². The van der Waals surface area contributed by atoms with Crippen LogP contribution in [0, 0.1) is 0 Å². The van der Waals surface area contributed by atoms with E-state index in [9.17, 15) is 18.3 Å². The molecule has 0 fully saturated rings. The highest BCUT2D eigenvalue weighted by Gasteiger charge is 2.27. The van der Waals surface area contributed by atoms with Gasteiger partial charge in [0, 0.05) is 24.8 Å². The van der Waals surface area contributed by atoms with Crippen molar-refractivity contribution in [1.29, 1.82) is 0 Å². The molecule has 1 N–H and O–H groups in total. The molecule has 5 heteroatoms. The molecule has 0 heterocycles. The Morgan fingerprint density at radius 3 is 2.44 bits per heavy atom. The highest BCUT2D eigenvalue weighted by atomic mass is 19.4. The first kappa shape index (κ1) is 14.8. The Balaban J connectivity index is 2.82. The lowest BCUT2D eigenvalue weighted by Crippen LogP contribution is -2.25. The molecule has 0 aromatic heterocycles. The number of halogens is 3. The molecule has 0 bridgehead atoms. The first-order valence-electron chi connectivity index (χ1n) is 5.90. The summed E-state index contributed by atoms with van der Waals surface area (Å²) in [7, 11) is 1.60. The third-order valence-corrected chi connectivity index (χ3v) is 2.82. The molecule has 1 rings (SSSR count). The van der Waals surface area contributed by atoms with Crippen LogP contribution in [-0.2, 0) is 0 Å². The standard InChI is InChI=1S/C13H18F3NO/c1-3-12(18)10-6-4-5-7-11(10)17(2)9-8-13(14,15)16/h4-7,12,18H,3,8-9H2,1-2H3. The molecule has 0 aliphatic carbocycles. The Labute approximate surface area is 105 Å². The Morgan fingerprint density at radius 1 is 1.28 bits per heavy atom. The topological polar surface area (TPSA) is 23.5 Å². The number of alkyl halides is 3. The van der Waals surface area contributed by atoms with Gasteiger partial charge >= 0.3 is 6.18 Å². The molecule has 1 atom stereocenters. The van der Waals surface area contributed by atoms with Crippen molar-refractivity contribution in [3.05, 3.63) is 29.8 Å². The van der Waals surface area contributed by atoms with E-state index in [0.717, 1.165) is 0 Å². The van der Waals surface area contributed by atoms with Crippen LogP contribution in [0.25, 0.3) is 0 Å². The maximum absolute atomic E-state index is 12.2. The minimum absolute atomic E-state index is 0.114. The van der Waals surface area contributed by atoms with E-state index in [1.54, 1.807) is 31.3 Å². The average Bonchev–Trinajstić information content (AvgIpc) is 2.34. The summed E-state index contributed by atoms with van der Waals surface area (Å²) in [6.07, 6.45) is -5.13. The number of nitrogens with zero attached hydrogens (tertiary/aromatic N) is 1. The van der Waals surface area contributed by atoms with Gasteiger partial charge in [0.15, 0.2) is 0 Å². The summed E-state index contributed by atoms with van der Waals surface area (Å²) in [4.78, 5) is 1.53. The lowest BCUT2D eigenvalue weighted by Gasteiger charge is -2.24. The van der Waals surface area contributed by atoms with E-state index in [1.165, 1.54) is 4.90 Å². The lowest BCUT2D eigenvalue weighted by atomic mass is 10.0. The number of hydrogen-bond donors (Lipinski definition) is 1. The summed E-state index contributed by atoms with van der Waals surface area (Å²) in [6.45, 7) is 1.72. The average molecular weight is 261 g/mol.